The van der Waals surface area contributed by atoms with E-state index in [1.165, 1.54) is 27.5 Å². The van der Waals surface area contributed by atoms with Gasteiger partial charge in [0.05, 0.1) is 11.3 Å². The van der Waals surface area contributed by atoms with E-state index in [1.807, 2.05) is 6.92 Å². The van der Waals surface area contributed by atoms with Gasteiger partial charge in [0.1, 0.15) is 18.3 Å². The lowest BCUT2D eigenvalue weighted by Gasteiger charge is -2.26. The minimum Gasteiger partial charge on any atom is -0.454 e. The minimum atomic E-state index is -3.48. The number of amidine groups is 1. The first-order chi connectivity index (χ1) is 15.2. The molecule has 2 aromatic heterocycles. The standard InChI is InChI=1S/C19H22N6O6S/c1-3-4-7-25-16-15(17(26)21-19(25)28)23(2)14(20-16)11-31-18(27)12-5-6-13-22-32(29,30)9-8-24(13)10-12/h5-6,10H,3-4,7-9,11H2,1-2H3,(H,21,26,28). The maximum Gasteiger partial charge on any atom is 0.340 e. The zero-order valence-corrected chi connectivity index (χ0v) is 18.4. The van der Waals surface area contributed by atoms with Crippen LogP contribution in [0.3, 0.4) is 0 Å². The van der Waals surface area contributed by atoms with Crippen LogP contribution in [0.2, 0.25) is 0 Å². The van der Waals surface area contributed by atoms with Crippen LogP contribution < -0.4 is 11.2 Å². The Morgan fingerprint density at radius 3 is 2.81 bits per heavy atom. The van der Waals surface area contributed by atoms with Crippen LogP contribution in [0.25, 0.3) is 11.2 Å². The van der Waals surface area contributed by atoms with Gasteiger partial charge < -0.3 is 14.2 Å². The van der Waals surface area contributed by atoms with Gasteiger partial charge in [-0.05, 0) is 18.6 Å². The number of hydrogen-bond acceptors (Lipinski definition) is 8. The van der Waals surface area contributed by atoms with E-state index in [0.29, 0.717) is 12.4 Å². The number of nitrogens with zero attached hydrogens (tertiary/aromatic N) is 5. The van der Waals surface area contributed by atoms with E-state index in [0.717, 1.165) is 12.8 Å². The van der Waals surface area contributed by atoms with Crippen LogP contribution in [0.5, 0.6) is 0 Å². The Hall–Kier alpha value is -3.48. The van der Waals surface area contributed by atoms with Crippen molar-refractivity contribution in [3.05, 3.63) is 50.6 Å². The Morgan fingerprint density at radius 1 is 1.28 bits per heavy atom. The molecule has 4 heterocycles. The lowest BCUT2D eigenvalue weighted by molar-refractivity contribution is -0.140. The number of hydrogen-bond donors (Lipinski definition) is 1. The quantitative estimate of drug-likeness (QED) is 0.579. The zero-order chi connectivity index (χ0) is 23.0. The zero-order valence-electron chi connectivity index (χ0n) is 17.6. The van der Waals surface area contributed by atoms with Gasteiger partial charge in [0.25, 0.3) is 15.6 Å². The summed E-state index contributed by atoms with van der Waals surface area (Å²) in [4.78, 5) is 45.3. The fourth-order valence-electron chi connectivity index (χ4n) is 3.48. The van der Waals surface area contributed by atoms with Gasteiger partial charge in [0, 0.05) is 26.3 Å². The number of carbonyl (C=O) groups excluding carboxylic acids is 1. The molecule has 12 nitrogen and oxygen atoms in total. The van der Waals surface area contributed by atoms with E-state index in [4.69, 9.17) is 4.74 Å². The van der Waals surface area contributed by atoms with Crippen LogP contribution in [0.4, 0.5) is 0 Å². The number of rotatable bonds is 6. The Morgan fingerprint density at radius 2 is 2.06 bits per heavy atom. The van der Waals surface area contributed by atoms with Gasteiger partial charge in [-0.15, -0.1) is 4.40 Å². The molecule has 0 radical (unpaired) electrons. The molecule has 170 valence electrons. The predicted molar refractivity (Wildman–Crippen MR) is 115 cm³/mol. The molecule has 0 saturated heterocycles. The lowest BCUT2D eigenvalue weighted by Crippen LogP contribution is -2.37. The third-order valence-corrected chi connectivity index (χ3v) is 6.40. The molecule has 0 saturated carbocycles. The Kier molecular flexibility index (Phi) is 5.59. The van der Waals surface area contributed by atoms with E-state index in [-0.39, 0.29) is 41.5 Å². The number of imidazole rings is 1. The fourth-order valence-corrected chi connectivity index (χ4v) is 4.45. The summed E-state index contributed by atoms with van der Waals surface area (Å²) in [5.41, 5.74) is -0.405. The number of carbonyl (C=O) groups is 1. The molecule has 1 N–H and O–H groups in total. The first kappa shape index (κ1) is 21.7. The van der Waals surface area contributed by atoms with Gasteiger partial charge in [-0.3, -0.25) is 14.3 Å². The number of aromatic nitrogens is 4. The average Bonchev–Trinajstić information content (AvgIpc) is 3.07. The second kappa shape index (κ2) is 8.22. The lowest BCUT2D eigenvalue weighted by atomic mass is 10.2. The average molecular weight is 462 g/mol. The summed E-state index contributed by atoms with van der Waals surface area (Å²) in [5.74, 6) is -0.232. The topological polar surface area (TPSA) is 149 Å². The molecule has 32 heavy (non-hydrogen) atoms. The van der Waals surface area contributed by atoms with Crippen LogP contribution in [-0.2, 0) is 39.8 Å². The van der Waals surface area contributed by atoms with Gasteiger partial charge in [0.2, 0.25) is 0 Å². The number of H-pyrrole nitrogens is 1. The van der Waals surface area contributed by atoms with E-state index < -0.39 is 27.2 Å². The molecule has 0 unspecified atom stereocenters. The summed E-state index contributed by atoms with van der Waals surface area (Å²) in [6, 6.07) is 0. The Bertz CT molecular complexity index is 1410. The number of unbranched alkanes of at least 4 members (excludes halogenated alkanes) is 1. The highest BCUT2D eigenvalue weighted by Crippen LogP contribution is 2.17. The molecule has 0 amide bonds. The van der Waals surface area contributed by atoms with E-state index in [1.54, 1.807) is 11.9 Å². The molecule has 2 aliphatic rings. The van der Waals surface area contributed by atoms with Gasteiger partial charge in [-0.25, -0.2) is 23.0 Å². The highest BCUT2D eigenvalue weighted by Gasteiger charge is 2.26. The van der Waals surface area contributed by atoms with Crippen LogP contribution >= 0.6 is 0 Å². The Labute approximate surface area is 182 Å². The van der Waals surface area contributed by atoms with Crippen molar-refractivity contribution >= 4 is 33.0 Å². The first-order valence-electron chi connectivity index (χ1n) is 10.0. The second-order valence-electron chi connectivity index (χ2n) is 7.45. The molecule has 4 rings (SSSR count). The van der Waals surface area contributed by atoms with Crippen molar-refractivity contribution in [1.82, 2.24) is 24.0 Å². The number of fused-ring (bicyclic) bond motifs is 2. The number of aryl methyl sites for hydroxylation is 2. The summed E-state index contributed by atoms with van der Waals surface area (Å²) in [5, 5.41) is 0. The maximum atomic E-state index is 12.5. The molecule has 2 aliphatic heterocycles. The molecule has 0 spiro atoms. The Balaban J connectivity index is 1.56. The summed E-state index contributed by atoms with van der Waals surface area (Å²) in [7, 11) is -1.87. The second-order valence-corrected chi connectivity index (χ2v) is 9.20. The number of sulfonamides is 1. The van der Waals surface area contributed by atoms with Crippen molar-refractivity contribution in [2.45, 2.75) is 32.9 Å². The molecular weight excluding hydrogens is 440 g/mol. The summed E-state index contributed by atoms with van der Waals surface area (Å²) in [6.07, 6.45) is 5.96. The smallest absolute Gasteiger partial charge is 0.340 e. The van der Waals surface area contributed by atoms with Crippen molar-refractivity contribution < 1.29 is 17.9 Å². The van der Waals surface area contributed by atoms with Crippen molar-refractivity contribution in [3.8, 4) is 0 Å². The van der Waals surface area contributed by atoms with Crippen molar-refractivity contribution in [2.75, 3.05) is 12.3 Å². The van der Waals surface area contributed by atoms with E-state index >= 15 is 0 Å². The molecule has 0 aromatic carbocycles. The van der Waals surface area contributed by atoms with E-state index in [2.05, 4.69) is 14.4 Å². The molecule has 13 heteroatoms. The number of nitrogens with one attached hydrogen (secondary N) is 1. The first-order valence-corrected chi connectivity index (χ1v) is 11.7. The summed E-state index contributed by atoms with van der Waals surface area (Å²) < 4.78 is 35.1. The van der Waals surface area contributed by atoms with E-state index in [9.17, 15) is 22.8 Å². The fraction of sp³-hybridized carbons (Fsp3) is 0.421. The third kappa shape index (κ3) is 4.02. The van der Waals surface area contributed by atoms with Crippen LogP contribution in [0.15, 0.2) is 37.9 Å². The molecule has 0 atom stereocenters. The van der Waals surface area contributed by atoms with Crippen LogP contribution in [0, 0.1) is 0 Å². The van der Waals surface area contributed by atoms with Crippen LogP contribution in [-0.4, -0.2) is 56.5 Å². The van der Waals surface area contributed by atoms with Crippen molar-refractivity contribution in [3.63, 3.8) is 0 Å². The normalized spacial score (nSPS) is 17.1. The number of ether oxygens (including phenoxy) is 1. The minimum absolute atomic E-state index is 0.142. The maximum absolute atomic E-state index is 12.5. The number of esters is 1. The molecule has 0 aliphatic carbocycles. The van der Waals surface area contributed by atoms with Gasteiger partial charge in [-0.1, -0.05) is 13.3 Å². The number of aromatic amines is 1. The van der Waals surface area contributed by atoms with Crippen molar-refractivity contribution in [1.29, 1.82) is 0 Å². The SMILES string of the molecule is CCCCn1c(=O)[nH]c(=O)c2c1nc(COC(=O)C1=CN3CCS(=O)(=O)N=C3C=C1)n2C. The third-order valence-electron chi connectivity index (χ3n) is 5.23. The highest BCUT2D eigenvalue weighted by atomic mass is 32.2. The monoisotopic (exact) mass is 462 g/mol. The van der Waals surface area contributed by atoms with Gasteiger partial charge in [0.15, 0.2) is 11.2 Å². The highest BCUT2D eigenvalue weighted by molar-refractivity contribution is 7.90. The summed E-state index contributed by atoms with van der Waals surface area (Å²) in [6.45, 7) is 2.37. The molecule has 0 fully saturated rings. The van der Waals surface area contributed by atoms with Crippen molar-refractivity contribution in [2.24, 2.45) is 11.4 Å². The molecular formula is C19H22N6O6S. The summed E-state index contributed by atoms with van der Waals surface area (Å²) >= 11 is 0. The van der Waals surface area contributed by atoms with Crippen LogP contribution in [0.1, 0.15) is 25.6 Å². The van der Waals surface area contributed by atoms with Gasteiger partial charge in [-0.2, -0.15) is 0 Å². The van der Waals surface area contributed by atoms with Gasteiger partial charge >= 0.3 is 11.7 Å². The largest absolute Gasteiger partial charge is 0.454 e. The molecule has 0 bridgehead atoms. The molecule has 2 aromatic rings. The predicted octanol–water partition coefficient (Wildman–Crippen LogP) is -0.236.